The Balaban J connectivity index is 0.00000144. The van der Waals surface area contributed by atoms with E-state index in [1.807, 2.05) is 0 Å². The van der Waals surface area contributed by atoms with Crippen molar-refractivity contribution < 1.29 is 39.3 Å². The Kier molecular flexibility index (Phi) is 4.28. The predicted octanol–water partition coefficient (Wildman–Crippen LogP) is 1.08. The monoisotopic (exact) mass is 230 g/mol. The summed E-state index contributed by atoms with van der Waals surface area (Å²) < 4.78 is 0. The standard InChI is InChI=1S/C8H6O4.Zn/c9-7(10)5-2-1-3-6(4-5)8(11)12;/h1-4H,(H,9,10)(H,11,12);. The Labute approximate surface area is 87.0 Å². The van der Waals surface area contributed by atoms with Gasteiger partial charge in [0.25, 0.3) is 0 Å². The summed E-state index contributed by atoms with van der Waals surface area (Å²) >= 11 is 0. The quantitative estimate of drug-likeness (QED) is 0.747. The second-order valence-electron chi connectivity index (χ2n) is 2.19. The van der Waals surface area contributed by atoms with Crippen molar-refractivity contribution in [2.45, 2.75) is 0 Å². The molecule has 0 aliphatic heterocycles. The van der Waals surface area contributed by atoms with Gasteiger partial charge in [0.1, 0.15) is 0 Å². The molecular weight excluding hydrogens is 225 g/mol. The molecule has 0 heterocycles. The Bertz CT molecular complexity index is 305. The molecule has 1 aromatic carbocycles. The molecule has 1 aromatic rings. The molecule has 5 heteroatoms. The zero-order valence-electron chi connectivity index (χ0n) is 6.73. The van der Waals surface area contributed by atoms with Crippen molar-refractivity contribution in [3.8, 4) is 0 Å². The van der Waals surface area contributed by atoms with E-state index in [1.54, 1.807) is 0 Å². The van der Waals surface area contributed by atoms with Gasteiger partial charge in [0.15, 0.2) is 0 Å². The molecule has 0 unspecified atom stereocenters. The molecule has 0 fully saturated rings. The first-order chi connectivity index (χ1) is 5.61. The van der Waals surface area contributed by atoms with E-state index in [-0.39, 0.29) is 30.6 Å². The van der Waals surface area contributed by atoms with Crippen LogP contribution in [0.3, 0.4) is 0 Å². The van der Waals surface area contributed by atoms with E-state index in [4.69, 9.17) is 10.2 Å². The Morgan fingerprint density at radius 2 is 1.38 bits per heavy atom. The van der Waals surface area contributed by atoms with Gasteiger partial charge in [0.2, 0.25) is 0 Å². The molecule has 64 valence electrons. The zero-order chi connectivity index (χ0) is 9.14. The van der Waals surface area contributed by atoms with Gasteiger partial charge in [-0.2, -0.15) is 0 Å². The zero-order valence-corrected chi connectivity index (χ0v) is 9.69. The van der Waals surface area contributed by atoms with Crippen LogP contribution in [-0.2, 0) is 19.5 Å². The molecule has 0 amide bonds. The molecule has 0 aliphatic rings. The van der Waals surface area contributed by atoms with Gasteiger partial charge in [0.05, 0.1) is 11.1 Å². The first-order valence-electron chi connectivity index (χ1n) is 3.18. The van der Waals surface area contributed by atoms with E-state index < -0.39 is 11.9 Å². The summed E-state index contributed by atoms with van der Waals surface area (Å²) in [6, 6.07) is 5.20. The molecule has 4 nitrogen and oxygen atoms in total. The number of rotatable bonds is 2. The number of carboxylic acids is 2. The van der Waals surface area contributed by atoms with Crippen molar-refractivity contribution >= 4 is 11.9 Å². The van der Waals surface area contributed by atoms with Gasteiger partial charge in [-0.25, -0.2) is 9.59 Å². The largest absolute Gasteiger partial charge is 0.478 e. The molecule has 0 radical (unpaired) electrons. The van der Waals surface area contributed by atoms with Crippen LogP contribution in [0.1, 0.15) is 20.7 Å². The van der Waals surface area contributed by atoms with Crippen LogP contribution in [0.2, 0.25) is 0 Å². The second-order valence-corrected chi connectivity index (χ2v) is 2.19. The van der Waals surface area contributed by atoms with Crippen LogP contribution < -0.4 is 0 Å². The maximum atomic E-state index is 10.4. The molecule has 0 spiro atoms. The first kappa shape index (κ1) is 11.8. The molecule has 2 N–H and O–H groups in total. The Morgan fingerprint density at radius 1 is 1.00 bits per heavy atom. The Hall–Kier alpha value is -1.22. The number of aromatic carboxylic acids is 2. The third-order valence-electron chi connectivity index (χ3n) is 1.36. The normalized spacial score (nSPS) is 8.62. The Morgan fingerprint density at radius 3 is 1.69 bits per heavy atom. The summed E-state index contributed by atoms with van der Waals surface area (Å²) in [7, 11) is 0. The van der Waals surface area contributed by atoms with E-state index in [0.717, 1.165) is 6.07 Å². The molecule has 0 bridgehead atoms. The number of hydrogen-bond donors (Lipinski definition) is 2. The van der Waals surface area contributed by atoms with Crippen LogP contribution in [0.4, 0.5) is 0 Å². The van der Waals surface area contributed by atoms with Crippen molar-refractivity contribution in [1.29, 1.82) is 0 Å². The first-order valence-corrected chi connectivity index (χ1v) is 3.18. The third kappa shape index (κ3) is 2.95. The van der Waals surface area contributed by atoms with Gasteiger partial charge in [-0.1, -0.05) is 6.07 Å². The van der Waals surface area contributed by atoms with Crippen LogP contribution in [0.15, 0.2) is 24.3 Å². The average Bonchev–Trinajstić information content (AvgIpc) is 2.04. The van der Waals surface area contributed by atoms with Crippen LogP contribution in [-0.4, -0.2) is 22.2 Å². The molecule has 0 atom stereocenters. The maximum absolute atomic E-state index is 10.4. The SMILES string of the molecule is O=C(O)c1cccc(C(=O)O)c1.[Zn]. The van der Waals surface area contributed by atoms with E-state index >= 15 is 0 Å². The van der Waals surface area contributed by atoms with E-state index in [9.17, 15) is 9.59 Å². The second kappa shape index (κ2) is 4.72. The fourth-order valence-electron chi connectivity index (χ4n) is 0.785. The van der Waals surface area contributed by atoms with Crippen LogP contribution >= 0.6 is 0 Å². The molecule has 0 aliphatic carbocycles. The topological polar surface area (TPSA) is 74.6 Å². The summed E-state index contributed by atoms with van der Waals surface area (Å²) in [5, 5.41) is 17.0. The van der Waals surface area contributed by atoms with Crippen molar-refractivity contribution in [3.63, 3.8) is 0 Å². The summed E-state index contributed by atoms with van der Waals surface area (Å²) in [4.78, 5) is 20.8. The molecule has 13 heavy (non-hydrogen) atoms. The van der Waals surface area contributed by atoms with Crippen molar-refractivity contribution in [2.75, 3.05) is 0 Å². The fraction of sp³-hybridized carbons (Fsp3) is 0. The minimum absolute atomic E-state index is 0. The molecule has 0 saturated heterocycles. The summed E-state index contributed by atoms with van der Waals surface area (Å²) in [5.41, 5.74) is -0.0372. The molecular formula is C8H6O4Zn. The van der Waals surface area contributed by atoms with Gasteiger partial charge in [-0.3, -0.25) is 0 Å². The number of benzene rings is 1. The number of carbonyl (C=O) groups is 2. The van der Waals surface area contributed by atoms with Gasteiger partial charge in [0, 0.05) is 19.5 Å². The van der Waals surface area contributed by atoms with Crippen LogP contribution in [0.25, 0.3) is 0 Å². The molecule has 0 saturated carbocycles. The van der Waals surface area contributed by atoms with Crippen molar-refractivity contribution in [1.82, 2.24) is 0 Å². The summed E-state index contributed by atoms with van der Waals surface area (Å²) in [5.74, 6) is -2.25. The van der Waals surface area contributed by atoms with E-state index in [1.165, 1.54) is 18.2 Å². The minimum Gasteiger partial charge on any atom is -0.478 e. The van der Waals surface area contributed by atoms with Crippen molar-refractivity contribution in [3.05, 3.63) is 35.4 Å². The average molecular weight is 232 g/mol. The minimum atomic E-state index is -1.13. The van der Waals surface area contributed by atoms with Gasteiger partial charge in [-0.15, -0.1) is 0 Å². The summed E-state index contributed by atoms with van der Waals surface area (Å²) in [6.07, 6.45) is 0. The van der Waals surface area contributed by atoms with Gasteiger partial charge < -0.3 is 10.2 Å². The van der Waals surface area contributed by atoms with E-state index in [2.05, 4.69) is 0 Å². The fourth-order valence-corrected chi connectivity index (χ4v) is 0.785. The maximum Gasteiger partial charge on any atom is 0.335 e. The summed E-state index contributed by atoms with van der Waals surface area (Å²) in [6.45, 7) is 0. The third-order valence-corrected chi connectivity index (χ3v) is 1.36. The van der Waals surface area contributed by atoms with Crippen LogP contribution in [0, 0.1) is 0 Å². The van der Waals surface area contributed by atoms with Gasteiger partial charge in [-0.05, 0) is 18.2 Å². The van der Waals surface area contributed by atoms with Gasteiger partial charge >= 0.3 is 11.9 Å². The van der Waals surface area contributed by atoms with Crippen LogP contribution in [0.5, 0.6) is 0 Å². The predicted molar refractivity (Wildman–Crippen MR) is 40.4 cm³/mol. The number of carboxylic acid groups (broad SMARTS) is 2. The smallest absolute Gasteiger partial charge is 0.335 e. The number of hydrogen-bond acceptors (Lipinski definition) is 2. The van der Waals surface area contributed by atoms with E-state index in [0.29, 0.717) is 0 Å². The van der Waals surface area contributed by atoms with Crippen molar-refractivity contribution in [2.24, 2.45) is 0 Å². The molecule has 1 rings (SSSR count). The molecule has 0 aromatic heterocycles.